The van der Waals surface area contributed by atoms with Crippen LogP contribution in [0.25, 0.3) is 0 Å². The molecule has 2 rings (SSSR count). The van der Waals surface area contributed by atoms with E-state index in [-0.39, 0.29) is 5.78 Å². The number of nitrogen functional groups attached to an aromatic ring is 1. The minimum absolute atomic E-state index is 0.0307. The van der Waals surface area contributed by atoms with Crippen LogP contribution >= 0.6 is 0 Å². The van der Waals surface area contributed by atoms with E-state index in [2.05, 4.69) is 10.2 Å². The minimum atomic E-state index is 0.0307. The number of rotatable bonds is 2. The zero-order valence-corrected chi connectivity index (χ0v) is 8.62. The molecule has 80 valence electrons. The summed E-state index contributed by atoms with van der Waals surface area (Å²) in [5.41, 5.74) is 7.01. The molecule has 1 heterocycles. The normalized spacial score (nSPS) is 16.9. The first kappa shape index (κ1) is 9.96. The first-order chi connectivity index (χ1) is 7.29. The van der Waals surface area contributed by atoms with Crippen LogP contribution in [-0.4, -0.2) is 16.0 Å². The molecule has 0 spiro atoms. The Hall–Kier alpha value is -1.58. The number of nitrogens with two attached hydrogens (primary N) is 1. The molecule has 0 aromatic carbocycles. The van der Waals surface area contributed by atoms with Gasteiger partial charge in [0.15, 0.2) is 5.78 Å². The van der Waals surface area contributed by atoms with Crippen molar-refractivity contribution in [1.29, 1.82) is 0 Å². The topological polar surface area (TPSA) is 71.8 Å². The molecule has 1 aromatic rings. The number of aromatic nitrogens is 2. The van der Waals surface area contributed by atoms with Crippen LogP contribution in [0.2, 0.25) is 0 Å². The van der Waals surface area contributed by atoms with Crippen molar-refractivity contribution in [3.8, 4) is 0 Å². The molecule has 4 heteroatoms. The van der Waals surface area contributed by atoms with Crippen LogP contribution in [0.4, 0.5) is 5.82 Å². The highest BCUT2D eigenvalue weighted by molar-refractivity contribution is 6.11. The number of carbonyl (C=O) groups excluding carboxylic acids is 1. The van der Waals surface area contributed by atoms with Gasteiger partial charge in [-0.1, -0.05) is 12.5 Å². The number of ketones is 1. The van der Waals surface area contributed by atoms with Crippen LogP contribution in [0, 0.1) is 0 Å². The van der Waals surface area contributed by atoms with Crippen LogP contribution in [-0.2, 0) is 0 Å². The summed E-state index contributed by atoms with van der Waals surface area (Å²) in [7, 11) is 0. The summed E-state index contributed by atoms with van der Waals surface area (Å²) >= 11 is 0. The Morgan fingerprint density at radius 2 is 2.27 bits per heavy atom. The van der Waals surface area contributed by atoms with E-state index >= 15 is 0 Å². The van der Waals surface area contributed by atoms with Gasteiger partial charge in [-0.25, -0.2) is 0 Å². The van der Waals surface area contributed by atoms with Gasteiger partial charge in [0.25, 0.3) is 0 Å². The van der Waals surface area contributed by atoms with E-state index in [0.29, 0.717) is 11.4 Å². The Labute approximate surface area is 88.6 Å². The first-order valence-corrected chi connectivity index (χ1v) is 5.31. The molecule has 0 radical (unpaired) electrons. The van der Waals surface area contributed by atoms with Crippen LogP contribution in [0.15, 0.2) is 17.8 Å². The zero-order chi connectivity index (χ0) is 10.7. The van der Waals surface area contributed by atoms with Gasteiger partial charge < -0.3 is 5.73 Å². The molecule has 0 unspecified atom stereocenters. The number of allylic oxidation sites excluding steroid dienone is 2. The fourth-order valence-electron chi connectivity index (χ4n) is 1.87. The van der Waals surface area contributed by atoms with Crippen LogP contribution in [0.1, 0.15) is 42.5 Å². The van der Waals surface area contributed by atoms with Gasteiger partial charge in [0.05, 0.1) is 11.8 Å². The first-order valence-electron chi connectivity index (χ1n) is 5.31. The monoisotopic (exact) mass is 205 g/mol. The lowest BCUT2D eigenvalue weighted by molar-refractivity contribution is 0.103. The lowest BCUT2D eigenvalue weighted by Gasteiger charge is -2.02. The molecule has 1 aliphatic carbocycles. The van der Waals surface area contributed by atoms with Crippen molar-refractivity contribution in [3.63, 3.8) is 0 Å². The maximum Gasteiger partial charge on any atom is 0.194 e. The summed E-state index contributed by atoms with van der Waals surface area (Å²) in [4.78, 5) is 12.0. The largest absolute Gasteiger partial charge is 0.383 e. The lowest BCUT2D eigenvalue weighted by atomic mass is 10.0. The second-order valence-corrected chi connectivity index (χ2v) is 3.86. The molecular weight excluding hydrogens is 190 g/mol. The van der Waals surface area contributed by atoms with Crippen LogP contribution in [0.5, 0.6) is 0 Å². The number of anilines is 1. The molecule has 0 saturated carbocycles. The number of aromatic amines is 1. The maximum absolute atomic E-state index is 12.0. The molecule has 15 heavy (non-hydrogen) atoms. The van der Waals surface area contributed by atoms with Crippen molar-refractivity contribution >= 4 is 11.6 Å². The number of hydrogen-bond acceptors (Lipinski definition) is 3. The van der Waals surface area contributed by atoms with E-state index in [1.807, 2.05) is 6.08 Å². The Balaban J connectivity index is 2.20. The molecule has 1 aromatic heterocycles. The highest BCUT2D eigenvalue weighted by Crippen LogP contribution is 2.22. The molecule has 4 nitrogen and oxygen atoms in total. The average molecular weight is 205 g/mol. The number of H-pyrrole nitrogens is 1. The fraction of sp³-hybridized carbons (Fsp3) is 0.455. The van der Waals surface area contributed by atoms with E-state index in [1.165, 1.54) is 19.0 Å². The van der Waals surface area contributed by atoms with Crippen molar-refractivity contribution in [3.05, 3.63) is 23.4 Å². The zero-order valence-electron chi connectivity index (χ0n) is 8.62. The predicted molar refractivity (Wildman–Crippen MR) is 58.5 cm³/mol. The summed E-state index contributed by atoms with van der Waals surface area (Å²) in [5.74, 6) is 0.397. The van der Waals surface area contributed by atoms with E-state index in [1.54, 1.807) is 0 Å². The molecule has 0 atom stereocenters. The molecule has 1 aliphatic rings. The molecule has 0 bridgehead atoms. The van der Waals surface area contributed by atoms with Gasteiger partial charge in [-0.3, -0.25) is 9.89 Å². The number of hydrogen-bond donors (Lipinski definition) is 2. The van der Waals surface area contributed by atoms with E-state index in [0.717, 1.165) is 24.8 Å². The molecule has 0 fully saturated rings. The van der Waals surface area contributed by atoms with Crippen molar-refractivity contribution in [1.82, 2.24) is 10.2 Å². The Bertz CT molecular complexity index is 392. The van der Waals surface area contributed by atoms with E-state index in [4.69, 9.17) is 5.73 Å². The van der Waals surface area contributed by atoms with Crippen molar-refractivity contribution in [2.75, 3.05) is 5.73 Å². The third-order valence-corrected chi connectivity index (χ3v) is 2.75. The van der Waals surface area contributed by atoms with Gasteiger partial charge in [-0.05, 0) is 31.3 Å². The second kappa shape index (κ2) is 4.29. The van der Waals surface area contributed by atoms with Gasteiger partial charge >= 0.3 is 0 Å². The summed E-state index contributed by atoms with van der Waals surface area (Å²) in [5, 5.41) is 6.35. The highest BCUT2D eigenvalue weighted by atomic mass is 16.1. The molecule has 0 amide bonds. The number of nitrogens with one attached hydrogen (secondary N) is 1. The number of carbonyl (C=O) groups is 1. The summed E-state index contributed by atoms with van der Waals surface area (Å²) in [6, 6.07) is 0. The quantitative estimate of drug-likeness (QED) is 0.726. The van der Waals surface area contributed by atoms with Gasteiger partial charge in [-0.2, -0.15) is 5.10 Å². The molecular formula is C11H15N3O. The predicted octanol–water partition coefficient (Wildman–Crippen LogP) is 2.07. The minimum Gasteiger partial charge on any atom is -0.383 e. The summed E-state index contributed by atoms with van der Waals surface area (Å²) < 4.78 is 0. The van der Waals surface area contributed by atoms with Gasteiger partial charge in [0.1, 0.15) is 5.82 Å². The van der Waals surface area contributed by atoms with E-state index < -0.39 is 0 Å². The SMILES string of the molecule is Nc1[nH]ncc1C(=O)C1=CCCCCC1. The smallest absolute Gasteiger partial charge is 0.194 e. The van der Waals surface area contributed by atoms with Crippen molar-refractivity contribution in [2.24, 2.45) is 0 Å². The Morgan fingerprint density at radius 1 is 1.40 bits per heavy atom. The maximum atomic E-state index is 12.0. The van der Waals surface area contributed by atoms with Crippen LogP contribution < -0.4 is 5.73 Å². The Morgan fingerprint density at radius 3 is 3.00 bits per heavy atom. The second-order valence-electron chi connectivity index (χ2n) is 3.86. The molecule has 3 N–H and O–H groups in total. The number of nitrogens with zero attached hydrogens (tertiary/aromatic N) is 1. The third-order valence-electron chi connectivity index (χ3n) is 2.75. The van der Waals surface area contributed by atoms with Crippen molar-refractivity contribution < 1.29 is 4.79 Å². The fourth-order valence-corrected chi connectivity index (χ4v) is 1.87. The van der Waals surface area contributed by atoms with Gasteiger partial charge in [-0.15, -0.1) is 0 Å². The standard InChI is InChI=1S/C11H15N3O/c12-11-9(7-13-14-11)10(15)8-5-3-1-2-4-6-8/h5,7H,1-4,6H2,(H3,12,13,14). The highest BCUT2D eigenvalue weighted by Gasteiger charge is 2.17. The molecule has 0 saturated heterocycles. The van der Waals surface area contributed by atoms with Gasteiger partial charge in [0, 0.05) is 0 Å². The van der Waals surface area contributed by atoms with E-state index in [9.17, 15) is 4.79 Å². The van der Waals surface area contributed by atoms with Gasteiger partial charge in [0.2, 0.25) is 0 Å². The Kier molecular flexibility index (Phi) is 2.85. The molecule has 0 aliphatic heterocycles. The summed E-state index contributed by atoms with van der Waals surface area (Å²) in [6.45, 7) is 0. The number of Topliss-reactive ketones (excluding diaryl/α,β-unsaturated/α-hetero) is 1. The van der Waals surface area contributed by atoms with Crippen LogP contribution in [0.3, 0.4) is 0 Å². The lowest BCUT2D eigenvalue weighted by Crippen LogP contribution is -2.05. The third kappa shape index (κ3) is 2.09. The average Bonchev–Trinajstić information content (AvgIpc) is 2.53. The summed E-state index contributed by atoms with van der Waals surface area (Å²) in [6.07, 6.45) is 8.88. The van der Waals surface area contributed by atoms with Crippen molar-refractivity contribution in [2.45, 2.75) is 32.1 Å².